The molecule has 0 amide bonds. The minimum atomic E-state index is -4.29. The number of hydrogen-bond acceptors (Lipinski definition) is 2. The van der Waals surface area contributed by atoms with Crippen molar-refractivity contribution in [1.82, 2.24) is 4.90 Å². The predicted octanol–water partition coefficient (Wildman–Crippen LogP) is 3.19. The van der Waals surface area contributed by atoms with Crippen LogP contribution in [0.5, 0.6) is 0 Å². The van der Waals surface area contributed by atoms with Gasteiger partial charge in [-0.15, -0.1) is 0 Å². The van der Waals surface area contributed by atoms with E-state index in [0.29, 0.717) is 24.1 Å². The Bertz CT molecular complexity index is 486. The van der Waals surface area contributed by atoms with Crippen LogP contribution in [0.1, 0.15) is 36.4 Å². The molecule has 1 aliphatic heterocycles. The molecule has 2 N–H and O–H groups in total. The largest absolute Gasteiger partial charge is 0.416 e. The number of nitrogens with two attached hydrogens (primary N) is 1. The molecule has 1 aliphatic carbocycles. The summed E-state index contributed by atoms with van der Waals surface area (Å²) in [6.45, 7) is 1.34. The Morgan fingerprint density at radius 1 is 1.30 bits per heavy atom. The zero-order chi connectivity index (χ0) is 14.3. The second kappa shape index (κ2) is 5.04. The molecule has 0 spiro atoms. The lowest BCUT2D eigenvalue weighted by molar-refractivity contribution is -0.137. The second-order valence-corrected chi connectivity index (χ2v) is 5.90. The van der Waals surface area contributed by atoms with E-state index < -0.39 is 11.7 Å². The Balaban J connectivity index is 1.86. The molecule has 5 heteroatoms. The van der Waals surface area contributed by atoms with Crippen LogP contribution in [0.3, 0.4) is 0 Å². The van der Waals surface area contributed by atoms with Crippen LogP contribution < -0.4 is 5.73 Å². The van der Waals surface area contributed by atoms with Crippen LogP contribution in [0.4, 0.5) is 13.2 Å². The number of piperidine rings is 1. The van der Waals surface area contributed by atoms with E-state index in [9.17, 15) is 13.2 Å². The highest BCUT2D eigenvalue weighted by Gasteiger charge is 2.41. The van der Waals surface area contributed by atoms with Gasteiger partial charge >= 0.3 is 6.18 Å². The molecule has 1 saturated heterocycles. The molecule has 3 unspecified atom stereocenters. The van der Waals surface area contributed by atoms with Crippen LogP contribution in [0.2, 0.25) is 0 Å². The third-order valence-electron chi connectivity index (χ3n) is 4.67. The first-order chi connectivity index (χ1) is 9.49. The minimum absolute atomic E-state index is 0.0902. The van der Waals surface area contributed by atoms with E-state index in [2.05, 4.69) is 4.90 Å². The Morgan fingerprint density at radius 2 is 2.10 bits per heavy atom. The summed E-state index contributed by atoms with van der Waals surface area (Å²) < 4.78 is 38.5. The molecule has 3 atom stereocenters. The summed E-state index contributed by atoms with van der Waals surface area (Å²) in [6.07, 6.45) is -0.712. The normalized spacial score (nSPS) is 28.0. The third-order valence-corrected chi connectivity index (χ3v) is 4.67. The number of alkyl halides is 3. The third kappa shape index (κ3) is 2.44. The summed E-state index contributed by atoms with van der Waals surface area (Å²) in [5, 5.41) is 0. The summed E-state index contributed by atoms with van der Waals surface area (Å²) >= 11 is 0. The molecule has 1 heterocycles. The first-order valence-corrected chi connectivity index (χ1v) is 7.12. The molecule has 1 aromatic rings. The maximum atomic E-state index is 12.8. The summed E-state index contributed by atoms with van der Waals surface area (Å²) in [7, 11) is 0. The van der Waals surface area contributed by atoms with Crippen molar-refractivity contribution in [3.63, 3.8) is 0 Å². The van der Waals surface area contributed by atoms with Gasteiger partial charge in [-0.1, -0.05) is 12.1 Å². The maximum absolute atomic E-state index is 12.8. The van der Waals surface area contributed by atoms with Crippen LogP contribution in [0, 0.1) is 5.92 Å². The van der Waals surface area contributed by atoms with E-state index >= 15 is 0 Å². The topological polar surface area (TPSA) is 29.3 Å². The minimum Gasteiger partial charge on any atom is -0.329 e. The van der Waals surface area contributed by atoms with Gasteiger partial charge in [-0.2, -0.15) is 13.2 Å². The van der Waals surface area contributed by atoms with Crippen molar-refractivity contribution < 1.29 is 13.2 Å². The van der Waals surface area contributed by atoms with Gasteiger partial charge in [0.15, 0.2) is 0 Å². The first kappa shape index (κ1) is 13.9. The van der Waals surface area contributed by atoms with Gasteiger partial charge in [-0.25, -0.2) is 0 Å². The van der Waals surface area contributed by atoms with E-state index in [0.717, 1.165) is 19.0 Å². The number of halogens is 3. The maximum Gasteiger partial charge on any atom is 0.416 e. The average Bonchev–Trinajstić information content (AvgIpc) is 3.02. The van der Waals surface area contributed by atoms with Gasteiger partial charge in [-0.3, -0.25) is 4.90 Å². The zero-order valence-electron chi connectivity index (χ0n) is 11.2. The van der Waals surface area contributed by atoms with Crippen molar-refractivity contribution in [3.8, 4) is 0 Å². The summed E-state index contributed by atoms with van der Waals surface area (Å²) in [4.78, 5) is 2.31. The molecule has 1 aromatic carbocycles. The number of rotatable bonds is 3. The van der Waals surface area contributed by atoms with E-state index in [1.54, 1.807) is 6.07 Å². The van der Waals surface area contributed by atoms with Gasteiger partial charge in [0.2, 0.25) is 0 Å². The summed E-state index contributed by atoms with van der Waals surface area (Å²) in [5.74, 6) is 0.708. The van der Waals surface area contributed by atoms with Crippen molar-refractivity contribution in [1.29, 1.82) is 0 Å². The highest BCUT2D eigenvalue weighted by Crippen LogP contribution is 2.42. The van der Waals surface area contributed by atoms with Gasteiger partial charge in [0.25, 0.3) is 0 Å². The van der Waals surface area contributed by atoms with E-state index in [4.69, 9.17) is 5.73 Å². The van der Waals surface area contributed by atoms with Crippen LogP contribution in [0.25, 0.3) is 0 Å². The van der Waals surface area contributed by atoms with E-state index in [1.165, 1.54) is 25.0 Å². The molecule has 2 bridgehead atoms. The molecule has 3 rings (SSSR count). The van der Waals surface area contributed by atoms with Crippen molar-refractivity contribution in [3.05, 3.63) is 35.4 Å². The molecule has 2 fully saturated rings. The smallest absolute Gasteiger partial charge is 0.329 e. The number of nitrogens with zero attached hydrogens (tertiary/aromatic N) is 1. The van der Waals surface area contributed by atoms with Gasteiger partial charge in [0, 0.05) is 25.2 Å². The molecule has 0 aromatic heterocycles. The average molecular weight is 284 g/mol. The number of likely N-dealkylation sites (tertiary alicyclic amines) is 1. The Kier molecular flexibility index (Phi) is 3.50. The Hall–Kier alpha value is -1.07. The number of hydrogen-bond donors (Lipinski definition) is 1. The second-order valence-electron chi connectivity index (χ2n) is 5.90. The molecule has 2 nitrogen and oxygen atoms in total. The summed E-state index contributed by atoms with van der Waals surface area (Å²) in [6, 6.07) is 6.03. The summed E-state index contributed by atoms with van der Waals surface area (Å²) in [5.41, 5.74) is 5.96. The first-order valence-electron chi connectivity index (χ1n) is 7.12. The lowest BCUT2D eigenvalue weighted by Gasteiger charge is -2.34. The van der Waals surface area contributed by atoms with Crippen LogP contribution in [-0.4, -0.2) is 24.0 Å². The van der Waals surface area contributed by atoms with Crippen LogP contribution >= 0.6 is 0 Å². The standard InChI is InChI=1S/C15H19F3N2/c16-15(17,18)12-3-1-2-11(7-12)14(8-19)20-9-10-4-5-13(20)6-10/h1-3,7,10,13-14H,4-6,8-9,19H2. The fourth-order valence-electron chi connectivity index (χ4n) is 3.73. The lowest BCUT2D eigenvalue weighted by Crippen LogP contribution is -2.39. The molecule has 20 heavy (non-hydrogen) atoms. The molecular formula is C15H19F3N2. The van der Waals surface area contributed by atoms with E-state index in [1.807, 2.05) is 0 Å². The Morgan fingerprint density at radius 3 is 2.65 bits per heavy atom. The highest BCUT2D eigenvalue weighted by atomic mass is 19.4. The van der Waals surface area contributed by atoms with Crippen molar-refractivity contribution in [2.45, 2.75) is 37.5 Å². The number of fused-ring (bicyclic) bond motifs is 2. The zero-order valence-corrected chi connectivity index (χ0v) is 11.2. The fourth-order valence-corrected chi connectivity index (χ4v) is 3.73. The van der Waals surface area contributed by atoms with Crippen molar-refractivity contribution in [2.24, 2.45) is 11.7 Å². The van der Waals surface area contributed by atoms with Gasteiger partial charge < -0.3 is 5.73 Å². The monoisotopic (exact) mass is 284 g/mol. The molecular weight excluding hydrogens is 265 g/mol. The molecule has 2 aliphatic rings. The lowest BCUT2D eigenvalue weighted by atomic mass is 10.00. The van der Waals surface area contributed by atoms with Gasteiger partial charge in [0.1, 0.15) is 0 Å². The quantitative estimate of drug-likeness (QED) is 0.923. The molecule has 110 valence electrons. The van der Waals surface area contributed by atoms with Crippen molar-refractivity contribution >= 4 is 0 Å². The molecule has 1 saturated carbocycles. The Labute approximate surface area is 116 Å². The fraction of sp³-hybridized carbons (Fsp3) is 0.600. The van der Waals surface area contributed by atoms with Gasteiger partial charge in [0.05, 0.1) is 5.56 Å². The van der Waals surface area contributed by atoms with Crippen LogP contribution in [0.15, 0.2) is 24.3 Å². The van der Waals surface area contributed by atoms with E-state index in [-0.39, 0.29) is 6.04 Å². The SMILES string of the molecule is NCC(c1cccc(C(F)(F)F)c1)N1CC2CCC1C2. The number of benzene rings is 1. The highest BCUT2D eigenvalue weighted by molar-refractivity contribution is 5.28. The van der Waals surface area contributed by atoms with Crippen LogP contribution in [-0.2, 0) is 6.18 Å². The van der Waals surface area contributed by atoms with Crippen molar-refractivity contribution in [2.75, 3.05) is 13.1 Å². The molecule has 0 radical (unpaired) electrons. The predicted molar refractivity (Wildman–Crippen MR) is 71.1 cm³/mol. The van der Waals surface area contributed by atoms with Gasteiger partial charge in [-0.05, 0) is 42.9 Å².